The molecule has 4 rings (SSSR count). The molecule has 9 nitrogen and oxygen atoms in total. The van der Waals surface area contributed by atoms with E-state index in [4.69, 9.17) is 5.41 Å². The normalized spacial score (nSPS) is 16.2. The fourth-order valence-corrected chi connectivity index (χ4v) is 4.04. The lowest BCUT2D eigenvalue weighted by molar-refractivity contribution is -0.479. The van der Waals surface area contributed by atoms with E-state index in [1.807, 2.05) is 36.6 Å². The van der Waals surface area contributed by atoms with Gasteiger partial charge in [0.05, 0.1) is 11.8 Å². The van der Waals surface area contributed by atoms with E-state index in [0.717, 1.165) is 49.5 Å². The molecule has 1 atom stereocenters. The maximum absolute atomic E-state index is 12.6. The van der Waals surface area contributed by atoms with Crippen LogP contribution in [-0.2, 0) is 6.54 Å². The second kappa shape index (κ2) is 10.8. The van der Waals surface area contributed by atoms with Gasteiger partial charge in [0.15, 0.2) is 5.69 Å². The van der Waals surface area contributed by atoms with E-state index in [1.54, 1.807) is 24.7 Å². The molecule has 3 aromatic heterocycles. The van der Waals surface area contributed by atoms with Gasteiger partial charge in [-0.05, 0) is 44.0 Å². The van der Waals surface area contributed by atoms with Gasteiger partial charge in [0.2, 0.25) is 0 Å². The van der Waals surface area contributed by atoms with Crippen molar-refractivity contribution in [1.29, 1.82) is 5.41 Å². The molecule has 0 bridgehead atoms. The van der Waals surface area contributed by atoms with Crippen molar-refractivity contribution in [3.8, 4) is 0 Å². The summed E-state index contributed by atoms with van der Waals surface area (Å²) in [5.41, 5.74) is 4.56. The highest BCUT2D eigenvalue weighted by Gasteiger charge is 2.22. The summed E-state index contributed by atoms with van der Waals surface area (Å²) in [6, 6.07) is 9.38. The molecule has 1 saturated heterocycles. The molecule has 3 aromatic rings. The van der Waals surface area contributed by atoms with Crippen LogP contribution in [0, 0.1) is 12.3 Å². The van der Waals surface area contributed by atoms with Crippen LogP contribution in [0.3, 0.4) is 0 Å². The predicted molar refractivity (Wildman–Crippen MR) is 127 cm³/mol. The van der Waals surface area contributed by atoms with Crippen molar-refractivity contribution in [3.05, 3.63) is 71.9 Å². The summed E-state index contributed by atoms with van der Waals surface area (Å²) in [4.78, 5) is 27.7. The molecule has 5 N–H and O–H groups in total. The SMILES string of the molecule is Cc1cc([NH2+]c2cnc(NC(=O)NC3CCCN(Cc4cccnc4)C3)cc2C=N)ccn1. The largest absolute Gasteiger partial charge is 0.334 e. The second-order valence-corrected chi connectivity index (χ2v) is 8.25. The number of pyridine rings is 3. The third-order valence-electron chi connectivity index (χ3n) is 5.58. The standard InChI is InChI=1S/C24H28N8O/c1-17-10-20(6-8-27-17)29-22-14-28-23(11-19(22)12-25)31-24(33)30-21-5-3-9-32(16-21)15-18-4-2-7-26-13-18/h2,4,6-8,10-14,21,25H,3,5,9,15-16H2,1H3,(H,27,29)(H2,28,30,31,33)/p+1. The first-order chi connectivity index (χ1) is 16.1. The number of likely N-dealkylation sites (tertiary alicyclic amines) is 1. The van der Waals surface area contributed by atoms with Crippen LogP contribution in [0.25, 0.3) is 0 Å². The number of quaternary nitrogens is 1. The molecule has 0 radical (unpaired) electrons. The van der Waals surface area contributed by atoms with Crippen LogP contribution in [0.5, 0.6) is 0 Å². The van der Waals surface area contributed by atoms with Gasteiger partial charge in [-0.3, -0.25) is 25.5 Å². The number of aryl methyl sites for hydroxylation is 1. The minimum absolute atomic E-state index is 0.0696. The van der Waals surface area contributed by atoms with E-state index in [1.165, 1.54) is 11.8 Å². The Kier molecular flexibility index (Phi) is 7.33. The van der Waals surface area contributed by atoms with Gasteiger partial charge in [-0.2, -0.15) is 0 Å². The number of urea groups is 1. The quantitative estimate of drug-likeness (QED) is 0.416. The maximum Gasteiger partial charge on any atom is 0.320 e. The summed E-state index contributed by atoms with van der Waals surface area (Å²) in [5.74, 6) is 0.414. The maximum atomic E-state index is 12.6. The van der Waals surface area contributed by atoms with Crippen LogP contribution in [0.2, 0.25) is 0 Å². The van der Waals surface area contributed by atoms with Crippen LogP contribution in [0.1, 0.15) is 29.7 Å². The third-order valence-corrected chi connectivity index (χ3v) is 5.58. The Labute approximate surface area is 193 Å². The lowest BCUT2D eigenvalue weighted by Crippen LogP contribution is -2.71. The first-order valence-electron chi connectivity index (χ1n) is 11.1. The molecule has 1 unspecified atom stereocenters. The van der Waals surface area contributed by atoms with Gasteiger partial charge in [0.25, 0.3) is 0 Å². The van der Waals surface area contributed by atoms with Gasteiger partial charge >= 0.3 is 6.03 Å². The van der Waals surface area contributed by atoms with Crippen LogP contribution >= 0.6 is 0 Å². The monoisotopic (exact) mass is 445 g/mol. The molecule has 0 saturated carbocycles. The Balaban J connectivity index is 1.33. The molecular weight excluding hydrogens is 416 g/mol. The van der Waals surface area contributed by atoms with Crippen molar-refractivity contribution in [1.82, 2.24) is 25.2 Å². The zero-order valence-corrected chi connectivity index (χ0v) is 18.7. The number of rotatable bonds is 7. The Morgan fingerprint density at radius 3 is 2.97 bits per heavy atom. The summed E-state index contributed by atoms with van der Waals surface area (Å²) in [6.45, 7) is 4.56. The fraction of sp³-hybridized carbons (Fsp3) is 0.292. The number of piperidine rings is 1. The smallest absolute Gasteiger partial charge is 0.320 e. The molecule has 9 heteroatoms. The highest BCUT2D eigenvalue weighted by atomic mass is 16.2. The number of hydrogen-bond donors (Lipinski definition) is 4. The molecule has 1 aliphatic heterocycles. The Morgan fingerprint density at radius 1 is 1.27 bits per heavy atom. The van der Waals surface area contributed by atoms with Gasteiger partial charge in [0.1, 0.15) is 11.5 Å². The molecule has 0 aromatic carbocycles. The van der Waals surface area contributed by atoms with E-state index in [9.17, 15) is 4.79 Å². The first-order valence-corrected chi connectivity index (χ1v) is 11.1. The van der Waals surface area contributed by atoms with E-state index in [2.05, 4.69) is 36.6 Å². The predicted octanol–water partition coefficient (Wildman–Crippen LogP) is 2.49. The number of carbonyl (C=O) groups is 1. The van der Waals surface area contributed by atoms with Crippen molar-refractivity contribution in [3.63, 3.8) is 0 Å². The number of aromatic nitrogens is 3. The summed E-state index contributed by atoms with van der Waals surface area (Å²) in [6.07, 6.45) is 10.3. The molecule has 0 spiro atoms. The summed E-state index contributed by atoms with van der Waals surface area (Å²) in [7, 11) is 0. The molecular formula is C24H29N8O+. The molecule has 1 aliphatic rings. The van der Waals surface area contributed by atoms with E-state index < -0.39 is 0 Å². The van der Waals surface area contributed by atoms with Crippen LogP contribution in [0.15, 0.2) is 55.1 Å². The molecule has 2 amide bonds. The molecule has 33 heavy (non-hydrogen) atoms. The topological polar surface area (TPSA) is 123 Å². The number of nitrogens with one attached hydrogen (secondary N) is 3. The Hall–Kier alpha value is -3.69. The lowest BCUT2D eigenvalue weighted by atomic mass is 10.1. The summed E-state index contributed by atoms with van der Waals surface area (Å²) in [5, 5.41) is 15.6. The number of anilines is 1. The average Bonchev–Trinajstić information content (AvgIpc) is 2.81. The van der Waals surface area contributed by atoms with Gasteiger partial charge in [-0.1, -0.05) is 6.07 Å². The van der Waals surface area contributed by atoms with Crippen molar-refractivity contribution < 1.29 is 10.1 Å². The van der Waals surface area contributed by atoms with Gasteiger partial charge in [0, 0.05) is 61.8 Å². The molecule has 4 heterocycles. The van der Waals surface area contributed by atoms with Gasteiger partial charge in [-0.15, -0.1) is 0 Å². The second-order valence-electron chi connectivity index (χ2n) is 8.25. The number of nitrogens with zero attached hydrogens (tertiary/aromatic N) is 4. The van der Waals surface area contributed by atoms with Crippen molar-refractivity contribution in [2.75, 3.05) is 18.4 Å². The van der Waals surface area contributed by atoms with E-state index >= 15 is 0 Å². The molecule has 1 fully saturated rings. The molecule has 170 valence electrons. The third kappa shape index (κ3) is 6.41. The minimum atomic E-state index is -0.284. The van der Waals surface area contributed by atoms with Crippen molar-refractivity contribution >= 4 is 29.4 Å². The summed E-state index contributed by atoms with van der Waals surface area (Å²) < 4.78 is 0. The van der Waals surface area contributed by atoms with Crippen LogP contribution < -0.4 is 16.0 Å². The number of amides is 2. The van der Waals surface area contributed by atoms with Crippen molar-refractivity contribution in [2.45, 2.75) is 32.4 Å². The fourth-order valence-electron chi connectivity index (χ4n) is 4.04. The Morgan fingerprint density at radius 2 is 2.18 bits per heavy atom. The summed E-state index contributed by atoms with van der Waals surface area (Å²) >= 11 is 0. The molecule has 0 aliphatic carbocycles. The van der Waals surface area contributed by atoms with Gasteiger partial charge < -0.3 is 10.7 Å². The number of carbonyl (C=O) groups excluding carboxylic acids is 1. The number of nitrogens with two attached hydrogens (primary N) is 1. The zero-order chi connectivity index (χ0) is 23.0. The minimum Gasteiger partial charge on any atom is -0.334 e. The highest BCUT2D eigenvalue weighted by molar-refractivity contribution is 5.91. The van der Waals surface area contributed by atoms with Crippen LogP contribution in [-0.4, -0.2) is 51.2 Å². The van der Waals surface area contributed by atoms with E-state index in [-0.39, 0.29) is 12.1 Å². The Bertz CT molecular complexity index is 1100. The van der Waals surface area contributed by atoms with Gasteiger partial charge in [-0.25, -0.2) is 9.78 Å². The lowest BCUT2D eigenvalue weighted by Gasteiger charge is -2.33. The average molecular weight is 446 g/mol. The highest BCUT2D eigenvalue weighted by Crippen LogP contribution is 2.16. The van der Waals surface area contributed by atoms with Crippen molar-refractivity contribution in [2.24, 2.45) is 0 Å². The first kappa shape index (κ1) is 22.5. The van der Waals surface area contributed by atoms with E-state index in [0.29, 0.717) is 11.4 Å². The zero-order valence-electron chi connectivity index (χ0n) is 18.7. The number of hydrogen-bond acceptors (Lipinski definition) is 6. The van der Waals surface area contributed by atoms with Crippen LogP contribution in [0.4, 0.5) is 22.0 Å².